The summed E-state index contributed by atoms with van der Waals surface area (Å²) in [7, 11) is 2.20. The van der Waals surface area contributed by atoms with Crippen LogP contribution in [0, 0.1) is 11.8 Å². The number of piperidine rings is 1. The van der Waals surface area contributed by atoms with Gasteiger partial charge in [0.2, 0.25) is 11.8 Å². The zero-order chi connectivity index (χ0) is 24.1. The molecule has 3 atom stereocenters. The van der Waals surface area contributed by atoms with Crippen molar-refractivity contribution in [3.8, 4) is 0 Å². The maximum absolute atomic E-state index is 13.1. The number of amides is 2. The standard InChI is InChI=1S/C28H36BrN3O2/c1-20(33)30-17-16-25-24-9-3-4-10-26(24)31(2)28(25)22-8-6-18-32(19-22)27(34)11-5-7-21-12-14-23(29)15-13-21/h3-4,9-10,12-15,22,24,26H,5-8,11,16-19H2,1-2H3,(H,30,33). The summed E-state index contributed by atoms with van der Waals surface area (Å²) in [4.78, 5) is 29.1. The molecule has 2 aliphatic heterocycles. The maximum Gasteiger partial charge on any atom is 0.222 e. The lowest BCUT2D eigenvalue weighted by Gasteiger charge is -2.37. The summed E-state index contributed by atoms with van der Waals surface area (Å²) >= 11 is 3.48. The van der Waals surface area contributed by atoms with Crippen molar-refractivity contribution in [1.82, 2.24) is 15.1 Å². The molecule has 182 valence electrons. The van der Waals surface area contributed by atoms with Gasteiger partial charge in [-0.15, -0.1) is 0 Å². The van der Waals surface area contributed by atoms with E-state index in [1.165, 1.54) is 16.8 Å². The molecule has 5 nitrogen and oxygen atoms in total. The Hall–Kier alpha value is -2.34. The van der Waals surface area contributed by atoms with E-state index in [0.717, 1.165) is 49.7 Å². The Morgan fingerprint density at radius 1 is 1.12 bits per heavy atom. The minimum absolute atomic E-state index is 0.0155. The Bertz CT molecular complexity index is 982. The molecule has 1 aliphatic carbocycles. The van der Waals surface area contributed by atoms with Crippen molar-refractivity contribution in [1.29, 1.82) is 0 Å². The highest BCUT2D eigenvalue weighted by Crippen LogP contribution is 2.43. The number of hydrogen-bond acceptors (Lipinski definition) is 3. The number of carbonyl (C=O) groups is 2. The van der Waals surface area contributed by atoms with E-state index >= 15 is 0 Å². The van der Waals surface area contributed by atoms with Gasteiger partial charge in [0.15, 0.2) is 0 Å². The summed E-state index contributed by atoms with van der Waals surface area (Å²) in [5.41, 5.74) is 4.10. The smallest absolute Gasteiger partial charge is 0.222 e. The quantitative estimate of drug-likeness (QED) is 0.527. The van der Waals surface area contributed by atoms with E-state index in [4.69, 9.17) is 0 Å². The van der Waals surface area contributed by atoms with Crippen LogP contribution >= 0.6 is 15.9 Å². The van der Waals surface area contributed by atoms with Crippen LogP contribution in [0.1, 0.15) is 44.6 Å². The summed E-state index contributed by atoms with van der Waals surface area (Å²) in [5.74, 6) is 1.01. The van der Waals surface area contributed by atoms with Crippen molar-refractivity contribution < 1.29 is 9.59 Å². The second kappa shape index (κ2) is 11.4. The Morgan fingerprint density at radius 3 is 2.65 bits per heavy atom. The molecule has 0 radical (unpaired) electrons. The number of nitrogens with zero attached hydrogens (tertiary/aromatic N) is 2. The van der Waals surface area contributed by atoms with Gasteiger partial charge in [0.1, 0.15) is 0 Å². The topological polar surface area (TPSA) is 52.7 Å². The molecular formula is C28H36BrN3O2. The molecule has 1 saturated heterocycles. The molecule has 2 heterocycles. The Labute approximate surface area is 212 Å². The number of hydrogen-bond donors (Lipinski definition) is 1. The summed E-state index contributed by atoms with van der Waals surface area (Å²) in [6.45, 7) is 3.89. The van der Waals surface area contributed by atoms with Crippen LogP contribution in [0.25, 0.3) is 0 Å². The van der Waals surface area contributed by atoms with E-state index in [1.807, 2.05) is 0 Å². The van der Waals surface area contributed by atoms with Crippen LogP contribution < -0.4 is 5.32 Å². The van der Waals surface area contributed by atoms with E-state index in [0.29, 0.717) is 30.8 Å². The first-order chi connectivity index (χ1) is 16.4. The van der Waals surface area contributed by atoms with Gasteiger partial charge < -0.3 is 15.1 Å². The van der Waals surface area contributed by atoms with E-state index in [2.05, 4.69) is 86.7 Å². The van der Waals surface area contributed by atoms with Crippen LogP contribution in [0.5, 0.6) is 0 Å². The summed E-state index contributed by atoms with van der Waals surface area (Å²) < 4.78 is 1.08. The minimum Gasteiger partial charge on any atom is -0.370 e. The molecule has 0 spiro atoms. The monoisotopic (exact) mass is 525 g/mol. The molecule has 34 heavy (non-hydrogen) atoms. The summed E-state index contributed by atoms with van der Waals surface area (Å²) in [5, 5.41) is 2.97. The van der Waals surface area contributed by atoms with Gasteiger partial charge in [-0.3, -0.25) is 9.59 Å². The molecule has 6 heteroatoms. The predicted molar refractivity (Wildman–Crippen MR) is 140 cm³/mol. The van der Waals surface area contributed by atoms with E-state index in [-0.39, 0.29) is 11.8 Å². The fraction of sp³-hybridized carbons (Fsp3) is 0.500. The van der Waals surface area contributed by atoms with Gasteiger partial charge in [0.05, 0.1) is 6.04 Å². The maximum atomic E-state index is 13.1. The number of nitrogens with one attached hydrogen (secondary N) is 1. The zero-order valence-electron chi connectivity index (χ0n) is 20.3. The number of likely N-dealkylation sites (tertiary alicyclic amines) is 1. The van der Waals surface area contributed by atoms with Gasteiger partial charge in [0, 0.05) is 62.0 Å². The Kier molecular flexibility index (Phi) is 8.30. The Balaban J connectivity index is 1.41. The normalized spacial score (nSPS) is 23.9. The highest BCUT2D eigenvalue weighted by atomic mass is 79.9. The van der Waals surface area contributed by atoms with Gasteiger partial charge in [-0.2, -0.15) is 0 Å². The van der Waals surface area contributed by atoms with Crippen molar-refractivity contribution in [3.05, 3.63) is 69.9 Å². The van der Waals surface area contributed by atoms with Crippen molar-refractivity contribution in [2.24, 2.45) is 11.8 Å². The molecule has 3 unspecified atom stereocenters. The number of benzene rings is 1. The third-order valence-corrected chi connectivity index (χ3v) is 7.89. The van der Waals surface area contributed by atoms with E-state index in [9.17, 15) is 9.59 Å². The SMILES string of the molecule is CC(=O)NCCC1=C(C2CCCN(C(=O)CCCc3ccc(Br)cc3)C2)N(C)C2C=CC=CC12. The number of carbonyl (C=O) groups excluding carboxylic acids is 2. The number of halogens is 1. The lowest BCUT2D eigenvalue weighted by atomic mass is 9.85. The minimum atomic E-state index is 0.0155. The molecule has 0 saturated carbocycles. The van der Waals surface area contributed by atoms with Crippen molar-refractivity contribution in [3.63, 3.8) is 0 Å². The third kappa shape index (κ3) is 5.83. The molecule has 0 bridgehead atoms. The number of fused-ring (bicyclic) bond motifs is 1. The first kappa shape index (κ1) is 24.8. The van der Waals surface area contributed by atoms with Crippen LogP contribution in [-0.2, 0) is 16.0 Å². The fourth-order valence-electron chi connectivity index (χ4n) is 5.74. The third-order valence-electron chi connectivity index (χ3n) is 7.36. The average Bonchev–Trinajstić information content (AvgIpc) is 3.12. The van der Waals surface area contributed by atoms with Crippen LogP contribution in [-0.4, -0.2) is 54.3 Å². The van der Waals surface area contributed by atoms with Gasteiger partial charge in [-0.1, -0.05) is 52.4 Å². The van der Waals surface area contributed by atoms with Crippen LogP contribution in [0.4, 0.5) is 0 Å². The molecule has 1 aromatic rings. The first-order valence-corrected chi connectivity index (χ1v) is 13.3. The lowest BCUT2D eigenvalue weighted by Crippen LogP contribution is -2.42. The fourth-order valence-corrected chi connectivity index (χ4v) is 6.01. The first-order valence-electron chi connectivity index (χ1n) is 12.5. The molecule has 4 rings (SSSR count). The van der Waals surface area contributed by atoms with Gasteiger partial charge in [-0.25, -0.2) is 0 Å². The molecule has 1 fully saturated rings. The van der Waals surface area contributed by atoms with Crippen LogP contribution in [0.2, 0.25) is 0 Å². The van der Waals surface area contributed by atoms with E-state index in [1.54, 1.807) is 6.92 Å². The van der Waals surface area contributed by atoms with Crippen LogP contribution in [0.15, 0.2) is 64.3 Å². The molecule has 0 aromatic heterocycles. The highest BCUT2D eigenvalue weighted by molar-refractivity contribution is 9.10. The number of aryl methyl sites for hydroxylation is 1. The molecule has 1 N–H and O–H groups in total. The number of allylic oxidation sites excluding steroid dienone is 2. The predicted octanol–water partition coefficient (Wildman–Crippen LogP) is 4.85. The largest absolute Gasteiger partial charge is 0.370 e. The van der Waals surface area contributed by atoms with Crippen molar-refractivity contribution in [2.45, 2.75) is 51.5 Å². The van der Waals surface area contributed by atoms with Crippen molar-refractivity contribution in [2.75, 3.05) is 26.7 Å². The zero-order valence-corrected chi connectivity index (χ0v) is 21.9. The molecule has 1 aromatic carbocycles. The lowest BCUT2D eigenvalue weighted by molar-refractivity contribution is -0.133. The molecular weight excluding hydrogens is 490 g/mol. The van der Waals surface area contributed by atoms with Crippen LogP contribution in [0.3, 0.4) is 0 Å². The summed E-state index contributed by atoms with van der Waals surface area (Å²) in [6.07, 6.45) is 14.3. The second-order valence-electron chi connectivity index (χ2n) is 9.70. The molecule has 2 amide bonds. The molecule has 3 aliphatic rings. The van der Waals surface area contributed by atoms with Gasteiger partial charge >= 0.3 is 0 Å². The summed E-state index contributed by atoms with van der Waals surface area (Å²) in [6, 6.07) is 8.70. The average molecular weight is 527 g/mol. The van der Waals surface area contributed by atoms with Gasteiger partial charge in [0.25, 0.3) is 0 Å². The van der Waals surface area contributed by atoms with E-state index < -0.39 is 0 Å². The number of likely N-dealkylation sites (N-methyl/N-ethyl adjacent to an activating group) is 1. The van der Waals surface area contributed by atoms with Gasteiger partial charge in [-0.05, 0) is 55.4 Å². The number of rotatable bonds is 8. The highest BCUT2D eigenvalue weighted by Gasteiger charge is 2.40. The Morgan fingerprint density at radius 2 is 1.88 bits per heavy atom. The second-order valence-corrected chi connectivity index (χ2v) is 10.6. The van der Waals surface area contributed by atoms with Crippen molar-refractivity contribution >= 4 is 27.7 Å².